The van der Waals surface area contributed by atoms with Gasteiger partial charge in [-0.25, -0.2) is 0 Å². The summed E-state index contributed by atoms with van der Waals surface area (Å²) in [5.41, 5.74) is 1.98. The van der Waals surface area contributed by atoms with Gasteiger partial charge in [-0.2, -0.15) is 0 Å². The van der Waals surface area contributed by atoms with Crippen LogP contribution < -0.4 is 15.4 Å². The molecule has 2 aromatic carbocycles. The second-order valence-corrected chi connectivity index (χ2v) is 7.93. The highest BCUT2D eigenvalue weighted by molar-refractivity contribution is 14.1. The Morgan fingerprint density at radius 3 is 2.65 bits per heavy atom. The number of hydrogen-bond donors (Lipinski definition) is 2. The maximum absolute atomic E-state index is 12.3. The Bertz CT molecular complexity index is 833. The second-order valence-electron chi connectivity index (χ2n) is 5.43. The monoisotopic (exact) mass is 522 g/mol. The zero-order valence-corrected chi connectivity index (χ0v) is 18.6. The van der Waals surface area contributed by atoms with E-state index in [1.807, 2.05) is 12.1 Å². The van der Waals surface area contributed by atoms with Gasteiger partial charge in [0.2, 0.25) is 0 Å². The molecule has 1 amide bonds. The summed E-state index contributed by atoms with van der Waals surface area (Å²) >= 11 is 19.4. The number of hydrogen-bond acceptors (Lipinski definition) is 3. The summed E-state index contributed by atoms with van der Waals surface area (Å²) in [7, 11) is 0. The molecule has 138 valence electrons. The molecule has 26 heavy (non-hydrogen) atoms. The van der Waals surface area contributed by atoms with Crippen LogP contribution in [0, 0.1) is 3.57 Å². The molecule has 1 unspecified atom stereocenters. The highest BCUT2D eigenvalue weighted by Crippen LogP contribution is 2.28. The van der Waals surface area contributed by atoms with E-state index in [1.165, 1.54) is 0 Å². The summed E-state index contributed by atoms with van der Waals surface area (Å²) in [4.78, 5) is 12.3. The smallest absolute Gasteiger partial charge is 0.266 e. The first-order valence-electron chi connectivity index (χ1n) is 7.82. The molecule has 0 fully saturated rings. The quantitative estimate of drug-likeness (QED) is 0.405. The van der Waals surface area contributed by atoms with Crippen LogP contribution in [0.25, 0.3) is 0 Å². The minimum absolute atomic E-state index is 0.212. The maximum Gasteiger partial charge on any atom is 0.266 e. The van der Waals surface area contributed by atoms with E-state index in [9.17, 15) is 4.79 Å². The number of rotatable bonds is 5. The highest BCUT2D eigenvalue weighted by atomic mass is 127. The maximum atomic E-state index is 12.3. The minimum atomic E-state index is -0.782. The number of thiocarbonyl (C=S) groups is 1. The fourth-order valence-corrected chi connectivity index (χ4v) is 3.38. The molecule has 0 saturated heterocycles. The summed E-state index contributed by atoms with van der Waals surface area (Å²) in [6.07, 6.45) is 0.0698. The number of amides is 1. The number of halogens is 3. The second kappa shape index (κ2) is 9.73. The third kappa shape index (κ3) is 5.97. The van der Waals surface area contributed by atoms with Crippen molar-refractivity contribution in [3.8, 4) is 5.75 Å². The van der Waals surface area contributed by atoms with Crippen LogP contribution in [0.2, 0.25) is 10.0 Å². The highest BCUT2D eigenvalue weighted by Gasteiger charge is 2.18. The summed E-state index contributed by atoms with van der Waals surface area (Å²) in [6, 6.07) is 10.8. The lowest BCUT2D eigenvalue weighted by atomic mass is 10.1. The van der Waals surface area contributed by atoms with Gasteiger partial charge >= 0.3 is 0 Å². The number of anilines is 1. The molecule has 8 heteroatoms. The van der Waals surface area contributed by atoms with Crippen molar-refractivity contribution in [2.45, 2.75) is 26.4 Å². The zero-order chi connectivity index (χ0) is 19.3. The van der Waals surface area contributed by atoms with E-state index < -0.39 is 6.10 Å². The first-order chi connectivity index (χ1) is 12.3. The van der Waals surface area contributed by atoms with E-state index >= 15 is 0 Å². The van der Waals surface area contributed by atoms with Gasteiger partial charge in [-0.15, -0.1) is 0 Å². The molecule has 0 aliphatic heterocycles. The Hall–Kier alpha value is -1.09. The molecule has 2 aromatic rings. The Balaban J connectivity index is 1.97. The van der Waals surface area contributed by atoms with Crippen molar-refractivity contribution in [1.29, 1.82) is 0 Å². The van der Waals surface area contributed by atoms with Crippen LogP contribution in [0.3, 0.4) is 0 Å². The van der Waals surface area contributed by atoms with Crippen LogP contribution in [-0.4, -0.2) is 17.1 Å². The molecule has 0 bridgehead atoms. The van der Waals surface area contributed by atoms with Crippen LogP contribution in [0.5, 0.6) is 5.75 Å². The van der Waals surface area contributed by atoms with Crippen molar-refractivity contribution in [3.05, 3.63) is 55.6 Å². The topological polar surface area (TPSA) is 50.4 Å². The summed E-state index contributed by atoms with van der Waals surface area (Å²) in [5.74, 6) is 0.000532. The molecule has 2 N–H and O–H groups in total. The minimum Gasteiger partial charge on any atom is -0.479 e. The van der Waals surface area contributed by atoms with Gasteiger partial charge in [0, 0.05) is 14.3 Å². The van der Waals surface area contributed by atoms with Gasteiger partial charge in [0.1, 0.15) is 5.75 Å². The summed E-state index contributed by atoms with van der Waals surface area (Å²) < 4.78 is 6.72. The molecule has 0 heterocycles. The van der Waals surface area contributed by atoms with Crippen LogP contribution in [0.15, 0.2) is 36.4 Å². The fraction of sp³-hybridized carbons (Fsp3) is 0.222. The van der Waals surface area contributed by atoms with Gasteiger partial charge < -0.3 is 10.1 Å². The lowest BCUT2D eigenvalue weighted by molar-refractivity contribution is -0.125. The van der Waals surface area contributed by atoms with E-state index in [1.54, 1.807) is 25.1 Å². The van der Waals surface area contributed by atoms with E-state index in [4.69, 9.17) is 40.2 Å². The largest absolute Gasteiger partial charge is 0.479 e. The van der Waals surface area contributed by atoms with Gasteiger partial charge in [0.05, 0.1) is 5.02 Å². The van der Waals surface area contributed by atoms with E-state index in [0.717, 1.165) is 21.2 Å². The number of carbonyl (C=O) groups is 1. The summed E-state index contributed by atoms with van der Waals surface area (Å²) in [5, 5.41) is 6.73. The standard InChI is InChI=1S/C18H17Cl2IN2O2S/c1-3-11-8-13(21)5-6-15(11)22-18(26)23-17(24)10(2)25-16-7-4-12(19)9-14(16)20/h4-10H,3H2,1-2H3,(H2,22,23,24,26). The van der Waals surface area contributed by atoms with E-state index in [2.05, 4.69) is 46.2 Å². The Morgan fingerprint density at radius 2 is 2.00 bits per heavy atom. The van der Waals surface area contributed by atoms with Crippen molar-refractivity contribution < 1.29 is 9.53 Å². The number of benzene rings is 2. The number of ether oxygens (including phenoxy) is 1. The Kier molecular flexibility index (Phi) is 7.94. The molecule has 4 nitrogen and oxygen atoms in total. The molecule has 0 radical (unpaired) electrons. The van der Waals surface area contributed by atoms with E-state index in [0.29, 0.717) is 15.8 Å². The van der Waals surface area contributed by atoms with Gasteiger partial charge in [-0.3, -0.25) is 10.1 Å². The van der Waals surface area contributed by atoms with Crippen LogP contribution in [0.4, 0.5) is 5.69 Å². The lowest BCUT2D eigenvalue weighted by Crippen LogP contribution is -2.42. The van der Waals surface area contributed by atoms with Crippen LogP contribution in [-0.2, 0) is 11.2 Å². The molecule has 0 aromatic heterocycles. The zero-order valence-electron chi connectivity index (χ0n) is 14.1. The molecule has 1 atom stereocenters. The van der Waals surface area contributed by atoms with E-state index in [-0.39, 0.29) is 11.0 Å². The number of aryl methyl sites for hydroxylation is 1. The van der Waals surface area contributed by atoms with Crippen molar-refractivity contribution in [3.63, 3.8) is 0 Å². The molecule has 2 rings (SSSR count). The molecule has 0 saturated carbocycles. The third-order valence-electron chi connectivity index (χ3n) is 3.50. The molecular formula is C18H17Cl2IN2O2S. The third-order valence-corrected chi connectivity index (χ3v) is 4.91. The van der Waals surface area contributed by atoms with Gasteiger partial charge in [0.25, 0.3) is 5.91 Å². The number of carbonyl (C=O) groups excluding carboxylic acids is 1. The first-order valence-corrected chi connectivity index (χ1v) is 10.1. The van der Waals surface area contributed by atoms with Crippen LogP contribution in [0.1, 0.15) is 19.4 Å². The molecule has 0 aliphatic rings. The van der Waals surface area contributed by atoms with Gasteiger partial charge in [-0.1, -0.05) is 30.1 Å². The Labute approximate surface area is 181 Å². The fourth-order valence-electron chi connectivity index (χ4n) is 2.16. The predicted molar refractivity (Wildman–Crippen MR) is 119 cm³/mol. The van der Waals surface area contributed by atoms with Crippen molar-refractivity contribution in [2.75, 3.05) is 5.32 Å². The first kappa shape index (κ1) is 21.2. The molecule has 0 spiro atoms. The van der Waals surface area contributed by atoms with Gasteiger partial charge in [-0.05, 0) is 90.1 Å². The lowest BCUT2D eigenvalue weighted by Gasteiger charge is -2.17. The Morgan fingerprint density at radius 1 is 1.27 bits per heavy atom. The summed E-state index contributed by atoms with van der Waals surface area (Å²) in [6.45, 7) is 3.68. The van der Waals surface area contributed by atoms with Gasteiger partial charge in [0.15, 0.2) is 11.2 Å². The number of nitrogens with one attached hydrogen (secondary N) is 2. The average Bonchev–Trinajstić information content (AvgIpc) is 2.58. The SMILES string of the molecule is CCc1cc(I)ccc1NC(=S)NC(=O)C(C)Oc1ccc(Cl)cc1Cl. The normalized spacial score (nSPS) is 11.6. The van der Waals surface area contributed by atoms with Crippen molar-refractivity contribution >= 4 is 74.7 Å². The average molecular weight is 523 g/mol. The molecule has 0 aliphatic carbocycles. The molecular weight excluding hydrogens is 506 g/mol. The van der Waals surface area contributed by atoms with Crippen molar-refractivity contribution in [2.24, 2.45) is 0 Å². The predicted octanol–water partition coefficient (Wildman–Crippen LogP) is 5.44. The van der Waals surface area contributed by atoms with Crippen LogP contribution >= 0.6 is 58.0 Å². The van der Waals surface area contributed by atoms with Crippen molar-refractivity contribution in [1.82, 2.24) is 5.32 Å².